The summed E-state index contributed by atoms with van der Waals surface area (Å²) in [6, 6.07) is 0. The molecule has 0 amide bonds. The predicted molar refractivity (Wildman–Crippen MR) is 70.5 cm³/mol. The van der Waals surface area contributed by atoms with Crippen LogP contribution in [0.1, 0.15) is 65.2 Å². The van der Waals surface area contributed by atoms with Crippen LogP contribution in [0, 0.1) is 10.8 Å². The van der Waals surface area contributed by atoms with Gasteiger partial charge in [-0.05, 0) is 25.7 Å². The topological polar surface area (TPSA) is 35.5 Å². The van der Waals surface area contributed by atoms with E-state index in [9.17, 15) is 4.79 Å². The molecule has 2 rings (SSSR count). The Hall–Kier alpha value is -0.730. The molecule has 0 radical (unpaired) electrons. The monoisotopic (exact) mass is 254 g/mol. The molecule has 2 saturated carbocycles. The minimum Gasteiger partial charge on any atom is -0.434 e. The largest absolute Gasteiger partial charge is 0.508 e. The van der Waals surface area contributed by atoms with Gasteiger partial charge in [0.25, 0.3) is 0 Å². The van der Waals surface area contributed by atoms with Crippen molar-refractivity contribution in [3.8, 4) is 0 Å². The molecule has 104 valence electrons. The Balaban J connectivity index is 1.66. The number of carbonyl (C=O) groups excluding carboxylic acids is 1. The molecule has 0 aromatic rings. The van der Waals surface area contributed by atoms with Gasteiger partial charge in [-0.25, -0.2) is 4.79 Å². The van der Waals surface area contributed by atoms with Crippen molar-refractivity contribution in [1.29, 1.82) is 0 Å². The molecule has 0 bridgehead atoms. The van der Waals surface area contributed by atoms with Crippen LogP contribution in [-0.4, -0.2) is 19.4 Å². The Morgan fingerprint density at radius 1 is 0.833 bits per heavy atom. The van der Waals surface area contributed by atoms with Gasteiger partial charge in [-0.2, -0.15) is 0 Å². The summed E-state index contributed by atoms with van der Waals surface area (Å²) in [7, 11) is 0. The van der Waals surface area contributed by atoms with Crippen LogP contribution in [-0.2, 0) is 9.47 Å². The fourth-order valence-corrected chi connectivity index (χ4v) is 3.25. The number of hydrogen-bond donors (Lipinski definition) is 0. The molecular weight excluding hydrogens is 228 g/mol. The minimum absolute atomic E-state index is 0.191. The van der Waals surface area contributed by atoms with Crippen LogP contribution in [0.4, 0.5) is 4.79 Å². The second-order valence-corrected chi connectivity index (χ2v) is 6.86. The first-order valence-electron chi connectivity index (χ1n) is 7.31. The van der Waals surface area contributed by atoms with Crippen molar-refractivity contribution in [2.24, 2.45) is 10.8 Å². The molecule has 0 aromatic carbocycles. The van der Waals surface area contributed by atoms with Gasteiger partial charge in [0, 0.05) is 10.8 Å². The highest BCUT2D eigenvalue weighted by molar-refractivity contribution is 5.59. The van der Waals surface area contributed by atoms with E-state index >= 15 is 0 Å². The lowest BCUT2D eigenvalue weighted by atomic mass is 9.90. The van der Waals surface area contributed by atoms with Crippen molar-refractivity contribution in [2.45, 2.75) is 65.2 Å². The van der Waals surface area contributed by atoms with Gasteiger partial charge in [0.05, 0.1) is 0 Å². The van der Waals surface area contributed by atoms with E-state index in [0.717, 1.165) is 25.7 Å². The van der Waals surface area contributed by atoms with Crippen LogP contribution < -0.4 is 0 Å². The fourth-order valence-electron chi connectivity index (χ4n) is 3.25. The van der Waals surface area contributed by atoms with Gasteiger partial charge in [-0.1, -0.05) is 39.5 Å². The van der Waals surface area contributed by atoms with Crippen molar-refractivity contribution in [2.75, 3.05) is 13.2 Å². The third kappa shape index (κ3) is 3.63. The number of ether oxygens (including phenoxy) is 2. The summed E-state index contributed by atoms with van der Waals surface area (Å²) in [5, 5.41) is 0. The third-order valence-electron chi connectivity index (χ3n) is 4.70. The van der Waals surface area contributed by atoms with E-state index in [1.165, 1.54) is 25.7 Å². The molecular formula is C15H26O3. The maximum absolute atomic E-state index is 11.6. The summed E-state index contributed by atoms with van der Waals surface area (Å²) in [4.78, 5) is 11.6. The molecule has 2 fully saturated rings. The third-order valence-corrected chi connectivity index (χ3v) is 4.70. The molecule has 0 heterocycles. The zero-order valence-electron chi connectivity index (χ0n) is 11.8. The normalized spacial score (nSPS) is 25.0. The van der Waals surface area contributed by atoms with Crippen molar-refractivity contribution < 1.29 is 14.3 Å². The van der Waals surface area contributed by atoms with E-state index in [2.05, 4.69) is 13.8 Å². The highest BCUT2D eigenvalue weighted by Crippen LogP contribution is 2.39. The first-order chi connectivity index (χ1) is 8.52. The average Bonchev–Trinajstić information content (AvgIpc) is 2.95. The quantitative estimate of drug-likeness (QED) is 0.702. The van der Waals surface area contributed by atoms with Crippen LogP contribution in [0.3, 0.4) is 0 Å². The molecule has 0 spiro atoms. The summed E-state index contributed by atoms with van der Waals surface area (Å²) in [6.45, 7) is 5.43. The smallest absolute Gasteiger partial charge is 0.434 e. The zero-order chi connectivity index (χ0) is 13.1. The summed E-state index contributed by atoms with van der Waals surface area (Å²) in [6.07, 6.45) is 9.21. The van der Waals surface area contributed by atoms with Gasteiger partial charge >= 0.3 is 6.16 Å². The van der Waals surface area contributed by atoms with Crippen LogP contribution in [0.15, 0.2) is 0 Å². The molecule has 0 aliphatic heterocycles. The standard InChI is InChI=1S/C15H26O3/c1-14(7-3-4-8-14)11-17-13(16)18-12-15(2)9-5-6-10-15/h3-12H2,1-2H3. The lowest BCUT2D eigenvalue weighted by Crippen LogP contribution is -2.26. The van der Waals surface area contributed by atoms with Gasteiger partial charge in [0.15, 0.2) is 0 Å². The maximum Gasteiger partial charge on any atom is 0.508 e. The predicted octanol–water partition coefficient (Wildman–Crippen LogP) is 4.30. The van der Waals surface area contributed by atoms with Crippen molar-refractivity contribution in [3.05, 3.63) is 0 Å². The Morgan fingerprint density at radius 2 is 1.17 bits per heavy atom. The summed E-state index contributed by atoms with van der Waals surface area (Å²) >= 11 is 0. The minimum atomic E-state index is -0.476. The number of rotatable bonds is 4. The Labute approximate surface area is 110 Å². The molecule has 0 aromatic heterocycles. The van der Waals surface area contributed by atoms with Crippen LogP contribution in [0.2, 0.25) is 0 Å². The van der Waals surface area contributed by atoms with Gasteiger partial charge in [-0.15, -0.1) is 0 Å². The van der Waals surface area contributed by atoms with Crippen molar-refractivity contribution in [1.82, 2.24) is 0 Å². The van der Waals surface area contributed by atoms with Gasteiger partial charge < -0.3 is 9.47 Å². The molecule has 2 aliphatic carbocycles. The first kappa shape index (κ1) is 13.7. The summed E-state index contributed by atoms with van der Waals surface area (Å²) in [5.74, 6) is 0. The zero-order valence-corrected chi connectivity index (χ0v) is 11.8. The maximum atomic E-state index is 11.6. The first-order valence-corrected chi connectivity index (χ1v) is 7.31. The van der Waals surface area contributed by atoms with Gasteiger partial charge in [-0.3, -0.25) is 0 Å². The SMILES string of the molecule is CC1(COC(=O)OCC2(C)CCCC2)CCCC1. The van der Waals surface area contributed by atoms with Gasteiger partial charge in [0.1, 0.15) is 13.2 Å². The molecule has 0 saturated heterocycles. The van der Waals surface area contributed by atoms with Crippen molar-refractivity contribution >= 4 is 6.16 Å². The van der Waals surface area contributed by atoms with Crippen molar-refractivity contribution in [3.63, 3.8) is 0 Å². The number of carbonyl (C=O) groups is 1. The molecule has 3 nitrogen and oxygen atoms in total. The average molecular weight is 254 g/mol. The summed E-state index contributed by atoms with van der Waals surface area (Å²) in [5.41, 5.74) is 0.382. The van der Waals surface area contributed by atoms with E-state index in [1.54, 1.807) is 0 Å². The van der Waals surface area contributed by atoms with E-state index in [-0.39, 0.29) is 10.8 Å². The second kappa shape index (κ2) is 5.50. The molecule has 3 heteroatoms. The van der Waals surface area contributed by atoms with E-state index < -0.39 is 6.16 Å². The molecule has 18 heavy (non-hydrogen) atoms. The molecule has 0 unspecified atom stereocenters. The lowest BCUT2D eigenvalue weighted by Gasteiger charge is -2.25. The van der Waals surface area contributed by atoms with E-state index in [1.807, 2.05) is 0 Å². The Kier molecular flexibility index (Phi) is 4.18. The molecule has 0 N–H and O–H groups in total. The lowest BCUT2D eigenvalue weighted by molar-refractivity contribution is 0.00660. The molecule has 0 atom stereocenters. The second-order valence-electron chi connectivity index (χ2n) is 6.86. The molecule has 2 aliphatic rings. The van der Waals surface area contributed by atoms with Crippen LogP contribution >= 0.6 is 0 Å². The Bertz CT molecular complexity index is 258. The highest BCUT2D eigenvalue weighted by Gasteiger charge is 2.32. The summed E-state index contributed by atoms with van der Waals surface area (Å²) < 4.78 is 10.5. The van der Waals surface area contributed by atoms with Crippen LogP contribution in [0.5, 0.6) is 0 Å². The van der Waals surface area contributed by atoms with Gasteiger partial charge in [0.2, 0.25) is 0 Å². The van der Waals surface area contributed by atoms with E-state index in [0.29, 0.717) is 13.2 Å². The van der Waals surface area contributed by atoms with Crippen LogP contribution in [0.25, 0.3) is 0 Å². The van der Waals surface area contributed by atoms with E-state index in [4.69, 9.17) is 9.47 Å². The number of hydrogen-bond acceptors (Lipinski definition) is 3. The fraction of sp³-hybridized carbons (Fsp3) is 0.933. The Morgan fingerprint density at radius 3 is 1.50 bits per heavy atom. The highest BCUT2D eigenvalue weighted by atomic mass is 16.7.